The first kappa shape index (κ1) is 14.1. The Bertz CT molecular complexity index is 385. The molecule has 5 heteroatoms. The fraction of sp³-hybridized carbons (Fsp3) is 0.714. The van der Waals surface area contributed by atoms with Crippen molar-refractivity contribution >= 4 is 11.6 Å². The Balaban J connectivity index is 1.94. The van der Waals surface area contributed by atoms with Gasteiger partial charge in [-0.3, -0.25) is 0 Å². The van der Waals surface area contributed by atoms with Gasteiger partial charge < -0.3 is 15.3 Å². The van der Waals surface area contributed by atoms with Crippen LogP contribution in [-0.2, 0) is 0 Å². The van der Waals surface area contributed by atoms with Crippen LogP contribution in [0.4, 0.5) is 11.6 Å². The third-order valence-electron chi connectivity index (χ3n) is 3.62. The number of hydrogen-bond acceptors (Lipinski definition) is 5. The minimum absolute atomic E-state index is 0.198. The van der Waals surface area contributed by atoms with Crippen LogP contribution in [0.3, 0.4) is 0 Å². The fourth-order valence-electron chi connectivity index (χ4n) is 2.52. The molecule has 0 aliphatic carbocycles. The predicted octanol–water partition coefficient (Wildman–Crippen LogP) is 2.04. The molecule has 1 unspecified atom stereocenters. The van der Waals surface area contributed by atoms with E-state index in [4.69, 9.17) is 0 Å². The number of nitrogens with one attached hydrogen (secondary N) is 1. The average molecular weight is 264 g/mol. The molecule has 2 N–H and O–H groups in total. The van der Waals surface area contributed by atoms with Gasteiger partial charge >= 0.3 is 0 Å². The first-order valence-corrected chi connectivity index (χ1v) is 7.28. The van der Waals surface area contributed by atoms with E-state index >= 15 is 0 Å². The van der Waals surface area contributed by atoms with Crippen molar-refractivity contribution in [3.8, 4) is 0 Å². The molecule has 5 nitrogen and oxygen atoms in total. The van der Waals surface area contributed by atoms with E-state index in [-0.39, 0.29) is 12.6 Å². The third kappa shape index (κ3) is 3.80. The standard InChI is InChI=1S/C14H24N4O/c1-2-3-4-7-15-13-9-14(17-11-16-13)18-8-5-6-12(18)10-19/h9,11-12,19H,2-8,10H2,1H3,(H,15,16,17). The second-order valence-corrected chi connectivity index (χ2v) is 5.07. The van der Waals surface area contributed by atoms with Crippen LogP contribution < -0.4 is 10.2 Å². The zero-order valence-corrected chi connectivity index (χ0v) is 11.7. The zero-order valence-electron chi connectivity index (χ0n) is 11.7. The van der Waals surface area contributed by atoms with Gasteiger partial charge in [-0.15, -0.1) is 0 Å². The second kappa shape index (κ2) is 7.28. The first-order chi connectivity index (χ1) is 9.35. The highest BCUT2D eigenvalue weighted by molar-refractivity contribution is 5.49. The van der Waals surface area contributed by atoms with Gasteiger partial charge in [-0.2, -0.15) is 0 Å². The molecule has 19 heavy (non-hydrogen) atoms. The topological polar surface area (TPSA) is 61.3 Å². The first-order valence-electron chi connectivity index (χ1n) is 7.28. The third-order valence-corrected chi connectivity index (χ3v) is 3.62. The van der Waals surface area contributed by atoms with E-state index < -0.39 is 0 Å². The Morgan fingerprint density at radius 2 is 2.32 bits per heavy atom. The SMILES string of the molecule is CCCCCNc1cc(N2CCCC2CO)ncn1. The molecule has 2 rings (SSSR count). The molecular formula is C14H24N4O. The van der Waals surface area contributed by atoms with Gasteiger partial charge in [0.15, 0.2) is 0 Å². The molecule has 1 fully saturated rings. The van der Waals surface area contributed by atoms with Crippen molar-refractivity contribution in [2.45, 2.75) is 45.1 Å². The van der Waals surface area contributed by atoms with Crippen LogP contribution in [0, 0.1) is 0 Å². The summed E-state index contributed by atoms with van der Waals surface area (Å²) in [7, 11) is 0. The molecular weight excluding hydrogens is 240 g/mol. The lowest BCUT2D eigenvalue weighted by molar-refractivity contribution is 0.266. The van der Waals surface area contributed by atoms with Crippen LogP contribution in [-0.4, -0.2) is 40.8 Å². The Morgan fingerprint density at radius 1 is 1.42 bits per heavy atom. The fourth-order valence-corrected chi connectivity index (χ4v) is 2.52. The summed E-state index contributed by atoms with van der Waals surface area (Å²) >= 11 is 0. The second-order valence-electron chi connectivity index (χ2n) is 5.07. The van der Waals surface area contributed by atoms with Gasteiger partial charge in [0.1, 0.15) is 18.0 Å². The maximum atomic E-state index is 9.37. The summed E-state index contributed by atoms with van der Waals surface area (Å²) in [5, 5.41) is 12.7. The molecule has 1 aliphatic heterocycles. The lowest BCUT2D eigenvalue weighted by Gasteiger charge is -2.24. The number of unbranched alkanes of at least 4 members (excludes halogenated alkanes) is 2. The van der Waals surface area contributed by atoms with Crippen molar-refractivity contribution in [1.29, 1.82) is 0 Å². The van der Waals surface area contributed by atoms with Crippen LogP contribution in [0.25, 0.3) is 0 Å². The number of rotatable bonds is 7. The molecule has 0 spiro atoms. The molecule has 1 atom stereocenters. The Kier molecular flexibility index (Phi) is 5.39. The highest BCUT2D eigenvalue weighted by Gasteiger charge is 2.24. The van der Waals surface area contributed by atoms with Crippen molar-refractivity contribution in [3.63, 3.8) is 0 Å². The molecule has 0 bridgehead atoms. The van der Waals surface area contributed by atoms with Gasteiger partial charge in [0.2, 0.25) is 0 Å². The number of hydrogen-bond donors (Lipinski definition) is 2. The molecule has 0 saturated carbocycles. The van der Waals surface area contributed by atoms with Crippen molar-refractivity contribution in [2.24, 2.45) is 0 Å². The summed E-state index contributed by atoms with van der Waals surface area (Å²) < 4.78 is 0. The predicted molar refractivity (Wildman–Crippen MR) is 77.5 cm³/mol. The summed E-state index contributed by atoms with van der Waals surface area (Å²) in [6.07, 6.45) is 7.39. The minimum atomic E-state index is 0.198. The molecule has 1 aliphatic rings. The van der Waals surface area contributed by atoms with Crippen LogP contribution in [0.1, 0.15) is 39.0 Å². The van der Waals surface area contributed by atoms with E-state index in [1.165, 1.54) is 19.3 Å². The van der Waals surface area contributed by atoms with Crippen molar-refractivity contribution in [1.82, 2.24) is 9.97 Å². The molecule has 0 amide bonds. The number of anilines is 2. The number of aliphatic hydroxyl groups excluding tert-OH is 1. The monoisotopic (exact) mass is 264 g/mol. The highest BCUT2D eigenvalue weighted by Crippen LogP contribution is 2.24. The van der Waals surface area contributed by atoms with E-state index in [1.54, 1.807) is 6.33 Å². The Hall–Kier alpha value is -1.36. The molecule has 0 radical (unpaired) electrons. The molecule has 0 aromatic carbocycles. The van der Waals surface area contributed by atoms with E-state index in [0.29, 0.717) is 0 Å². The van der Waals surface area contributed by atoms with Gasteiger partial charge in [-0.25, -0.2) is 9.97 Å². The van der Waals surface area contributed by atoms with Crippen LogP contribution >= 0.6 is 0 Å². The largest absolute Gasteiger partial charge is 0.394 e. The summed E-state index contributed by atoms with van der Waals surface area (Å²) in [6, 6.07) is 2.20. The van der Waals surface area contributed by atoms with E-state index in [0.717, 1.165) is 37.6 Å². The van der Waals surface area contributed by atoms with Crippen LogP contribution in [0.5, 0.6) is 0 Å². The van der Waals surface area contributed by atoms with E-state index in [1.807, 2.05) is 6.07 Å². The summed E-state index contributed by atoms with van der Waals surface area (Å²) in [5.41, 5.74) is 0. The smallest absolute Gasteiger partial charge is 0.134 e. The number of nitrogens with zero attached hydrogens (tertiary/aromatic N) is 3. The van der Waals surface area contributed by atoms with Crippen LogP contribution in [0.2, 0.25) is 0 Å². The van der Waals surface area contributed by atoms with Gasteiger partial charge in [0.25, 0.3) is 0 Å². The van der Waals surface area contributed by atoms with Gasteiger partial charge in [-0.05, 0) is 19.3 Å². The van der Waals surface area contributed by atoms with E-state index in [2.05, 4.69) is 27.1 Å². The molecule has 1 aromatic heterocycles. The van der Waals surface area contributed by atoms with Gasteiger partial charge in [-0.1, -0.05) is 19.8 Å². The molecule has 1 aromatic rings. The van der Waals surface area contributed by atoms with Crippen molar-refractivity contribution in [3.05, 3.63) is 12.4 Å². The zero-order chi connectivity index (χ0) is 13.5. The summed E-state index contributed by atoms with van der Waals surface area (Å²) in [6.45, 7) is 4.32. The Labute approximate surface area is 115 Å². The number of aliphatic hydroxyl groups is 1. The lowest BCUT2D eigenvalue weighted by Crippen LogP contribution is -2.32. The maximum Gasteiger partial charge on any atom is 0.134 e. The maximum absolute atomic E-state index is 9.37. The lowest BCUT2D eigenvalue weighted by atomic mass is 10.2. The normalized spacial score (nSPS) is 18.8. The minimum Gasteiger partial charge on any atom is -0.394 e. The van der Waals surface area contributed by atoms with Gasteiger partial charge in [0.05, 0.1) is 12.6 Å². The number of aromatic nitrogens is 2. The van der Waals surface area contributed by atoms with E-state index in [9.17, 15) is 5.11 Å². The van der Waals surface area contributed by atoms with Crippen LogP contribution in [0.15, 0.2) is 12.4 Å². The Morgan fingerprint density at radius 3 is 3.11 bits per heavy atom. The molecule has 1 saturated heterocycles. The van der Waals surface area contributed by atoms with Crippen molar-refractivity contribution in [2.75, 3.05) is 29.9 Å². The van der Waals surface area contributed by atoms with Crippen molar-refractivity contribution < 1.29 is 5.11 Å². The summed E-state index contributed by atoms with van der Waals surface area (Å²) in [5.74, 6) is 1.80. The highest BCUT2D eigenvalue weighted by atomic mass is 16.3. The summed E-state index contributed by atoms with van der Waals surface area (Å²) in [4.78, 5) is 10.8. The average Bonchev–Trinajstić information content (AvgIpc) is 2.92. The van der Waals surface area contributed by atoms with Gasteiger partial charge in [0, 0.05) is 19.2 Å². The molecule has 2 heterocycles. The quantitative estimate of drug-likeness (QED) is 0.738. The molecule has 106 valence electrons.